The quantitative estimate of drug-likeness (QED) is 0.606. The molecule has 0 saturated carbocycles. The Kier molecular flexibility index (Phi) is 5.73. The van der Waals surface area contributed by atoms with E-state index in [0.717, 1.165) is 5.56 Å². The Morgan fingerprint density at radius 3 is 2.39 bits per heavy atom. The fraction of sp³-hybridized carbons (Fsp3) is 0.217. The minimum atomic E-state index is -1.12. The van der Waals surface area contributed by atoms with Crippen LogP contribution in [0, 0.1) is 12.7 Å². The van der Waals surface area contributed by atoms with E-state index in [2.05, 4.69) is 4.98 Å². The van der Waals surface area contributed by atoms with Gasteiger partial charge in [0.25, 0.3) is 0 Å². The number of pyridine rings is 1. The lowest BCUT2D eigenvalue weighted by Gasteiger charge is -2.17. The number of halogens is 1. The van der Waals surface area contributed by atoms with Crippen LogP contribution < -0.4 is 4.74 Å². The third-order valence-electron chi connectivity index (χ3n) is 4.47. The van der Waals surface area contributed by atoms with Crippen LogP contribution >= 0.6 is 0 Å². The van der Waals surface area contributed by atoms with Gasteiger partial charge in [-0.1, -0.05) is 49.7 Å². The number of hydrogen-bond donors (Lipinski definition) is 1. The highest BCUT2D eigenvalue weighted by atomic mass is 19.1. The van der Waals surface area contributed by atoms with Crippen LogP contribution in [-0.4, -0.2) is 16.1 Å². The van der Waals surface area contributed by atoms with Gasteiger partial charge in [-0.05, 0) is 37.1 Å². The summed E-state index contributed by atoms with van der Waals surface area (Å²) in [5, 5.41) is 9.68. The summed E-state index contributed by atoms with van der Waals surface area (Å²) in [5.41, 5.74) is 2.90. The number of carbonyl (C=O) groups is 1. The van der Waals surface area contributed by atoms with Crippen molar-refractivity contribution in [3.05, 3.63) is 82.9 Å². The Bertz CT molecular complexity index is 997. The summed E-state index contributed by atoms with van der Waals surface area (Å²) in [7, 11) is 0. The second-order valence-electron chi connectivity index (χ2n) is 6.96. The summed E-state index contributed by atoms with van der Waals surface area (Å²) in [6, 6.07) is 15.3. The van der Waals surface area contributed by atoms with Gasteiger partial charge in [0.15, 0.2) is 0 Å². The highest BCUT2D eigenvalue weighted by Crippen LogP contribution is 2.32. The Morgan fingerprint density at radius 1 is 1.11 bits per heavy atom. The average Bonchev–Trinajstić information content (AvgIpc) is 2.67. The summed E-state index contributed by atoms with van der Waals surface area (Å²) in [4.78, 5) is 16.4. The van der Waals surface area contributed by atoms with E-state index < -0.39 is 11.8 Å². The van der Waals surface area contributed by atoms with E-state index in [1.165, 1.54) is 12.1 Å². The first kappa shape index (κ1) is 19.5. The zero-order chi connectivity index (χ0) is 20.3. The normalized spacial score (nSPS) is 10.9. The lowest BCUT2D eigenvalue weighted by molar-refractivity contribution is 0.0693. The van der Waals surface area contributed by atoms with Crippen LogP contribution in [0.4, 0.5) is 4.39 Å². The van der Waals surface area contributed by atoms with Crippen molar-refractivity contribution in [2.75, 3.05) is 0 Å². The van der Waals surface area contributed by atoms with Crippen LogP contribution in [0.15, 0.2) is 54.6 Å². The number of ether oxygens (including phenoxy) is 1. The average molecular weight is 379 g/mol. The van der Waals surface area contributed by atoms with E-state index in [-0.39, 0.29) is 18.1 Å². The maximum atomic E-state index is 14.4. The lowest BCUT2D eigenvalue weighted by atomic mass is 9.94. The molecule has 5 heteroatoms. The van der Waals surface area contributed by atoms with Crippen molar-refractivity contribution in [3.8, 4) is 16.9 Å². The molecule has 3 aromatic rings. The van der Waals surface area contributed by atoms with Gasteiger partial charge in [-0.15, -0.1) is 0 Å². The topological polar surface area (TPSA) is 59.4 Å². The molecule has 3 rings (SSSR count). The lowest BCUT2D eigenvalue weighted by Crippen LogP contribution is -2.12. The number of aromatic carboxylic acids is 1. The van der Waals surface area contributed by atoms with Gasteiger partial charge in [0.05, 0.1) is 17.0 Å². The van der Waals surface area contributed by atoms with E-state index in [1.54, 1.807) is 18.2 Å². The van der Waals surface area contributed by atoms with Gasteiger partial charge in [0.1, 0.15) is 18.2 Å². The van der Waals surface area contributed by atoms with Crippen molar-refractivity contribution in [2.45, 2.75) is 33.3 Å². The van der Waals surface area contributed by atoms with Crippen LogP contribution in [0.3, 0.4) is 0 Å². The summed E-state index contributed by atoms with van der Waals surface area (Å²) in [6.07, 6.45) is 0. The molecule has 0 aliphatic carbocycles. The number of nitrogens with zero attached hydrogens (tertiary/aromatic N) is 1. The van der Waals surface area contributed by atoms with Crippen molar-refractivity contribution in [1.82, 2.24) is 4.98 Å². The highest BCUT2D eigenvalue weighted by Gasteiger charge is 2.21. The van der Waals surface area contributed by atoms with Crippen LogP contribution in [-0.2, 0) is 6.61 Å². The van der Waals surface area contributed by atoms with Crippen LogP contribution in [0.5, 0.6) is 5.75 Å². The maximum Gasteiger partial charge on any atom is 0.337 e. The molecular weight excluding hydrogens is 357 g/mol. The second-order valence-corrected chi connectivity index (χ2v) is 6.96. The van der Waals surface area contributed by atoms with Crippen molar-refractivity contribution in [3.63, 3.8) is 0 Å². The van der Waals surface area contributed by atoms with E-state index >= 15 is 0 Å². The first-order valence-corrected chi connectivity index (χ1v) is 9.08. The monoisotopic (exact) mass is 379 g/mol. The fourth-order valence-corrected chi connectivity index (χ4v) is 2.98. The number of aromatic nitrogens is 1. The third-order valence-corrected chi connectivity index (χ3v) is 4.47. The van der Waals surface area contributed by atoms with Crippen LogP contribution in [0.25, 0.3) is 11.1 Å². The van der Waals surface area contributed by atoms with Gasteiger partial charge < -0.3 is 9.84 Å². The number of hydrogen-bond acceptors (Lipinski definition) is 3. The SMILES string of the molecule is Cc1ccc(OCc2nc(C(C)C)c(-c3ccccc3F)cc2C(=O)O)cc1. The molecule has 0 bridgehead atoms. The number of rotatable bonds is 6. The Morgan fingerprint density at radius 2 is 1.79 bits per heavy atom. The molecule has 0 spiro atoms. The van der Waals surface area contributed by atoms with Gasteiger partial charge in [0.2, 0.25) is 0 Å². The van der Waals surface area contributed by atoms with Crippen molar-refractivity contribution in [1.29, 1.82) is 0 Å². The maximum absolute atomic E-state index is 14.4. The third kappa shape index (κ3) is 4.19. The van der Waals surface area contributed by atoms with Crippen LogP contribution in [0.2, 0.25) is 0 Å². The Labute approximate surface area is 163 Å². The molecule has 0 radical (unpaired) electrons. The standard InChI is InChI=1S/C23H22FNO3/c1-14(2)22-18(17-6-4-5-7-20(17)24)12-19(23(26)27)21(25-22)13-28-16-10-8-15(3)9-11-16/h4-12,14H,13H2,1-3H3,(H,26,27). The molecule has 1 N–H and O–H groups in total. The van der Waals surface area contributed by atoms with Gasteiger partial charge in [-0.25, -0.2) is 9.18 Å². The number of benzene rings is 2. The summed E-state index contributed by atoms with van der Waals surface area (Å²) in [6.45, 7) is 5.88. The molecule has 0 unspecified atom stereocenters. The summed E-state index contributed by atoms with van der Waals surface area (Å²) in [5.74, 6) is -0.919. The molecule has 4 nitrogen and oxygen atoms in total. The molecule has 1 aromatic heterocycles. The van der Waals surface area contributed by atoms with Crippen LogP contribution in [0.1, 0.15) is 47.1 Å². The number of carboxylic acid groups (broad SMARTS) is 1. The summed E-state index contributed by atoms with van der Waals surface area (Å²) >= 11 is 0. The van der Waals surface area contributed by atoms with Crippen molar-refractivity contribution < 1.29 is 19.0 Å². The van der Waals surface area contributed by atoms with E-state index in [1.807, 2.05) is 45.0 Å². The molecule has 0 fully saturated rings. The minimum absolute atomic E-state index is 0.00904. The zero-order valence-corrected chi connectivity index (χ0v) is 16.1. The molecule has 0 atom stereocenters. The molecule has 28 heavy (non-hydrogen) atoms. The minimum Gasteiger partial charge on any atom is -0.487 e. The molecule has 144 valence electrons. The highest BCUT2D eigenvalue weighted by molar-refractivity contribution is 5.91. The fourth-order valence-electron chi connectivity index (χ4n) is 2.98. The van der Waals surface area contributed by atoms with Gasteiger partial charge in [-0.2, -0.15) is 0 Å². The van der Waals surface area contributed by atoms with E-state index in [9.17, 15) is 14.3 Å². The smallest absolute Gasteiger partial charge is 0.337 e. The molecule has 0 amide bonds. The molecule has 0 aliphatic rings. The first-order valence-electron chi connectivity index (χ1n) is 9.08. The predicted molar refractivity (Wildman–Crippen MR) is 106 cm³/mol. The Balaban J connectivity index is 2.05. The number of carboxylic acids is 1. The molecular formula is C23H22FNO3. The van der Waals surface area contributed by atoms with Gasteiger partial charge in [-0.3, -0.25) is 4.98 Å². The summed E-state index contributed by atoms with van der Waals surface area (Å²) < 4.78 is 20.1. The van der Waals surface area contributed by atoms with E-state index in [0.29, 0.717) is 28.3 Å². The Hall–Kier alpha value is -3.21. The van der Waals surface area contributed by atoms with E-state index in [4.69, 9.17) is 4.74 Å². The van der Waals surface area contributed by atoms with Gasteiger partial charge in [0, 0.05) is 11.1 Å². The first-order chi connectivity index (χ1) is 13.4. The van der Waals surface area contributed by atoms with Crippen molar-refractivity contribution >= 4 is 5.97 Å². The molecule has 1 heterocycles. The number of aryl methyl sites for hydroxylation is 1. The molecule has 2 aromatic carbocycles. The molecule has 0 aliphatic heterocycles. The van der Waals surface area contributed by atoms with Gasteiger partial charge >= 0.3 is 5.97 Å². The predicted octanol–water partition coefficient (Wildman–Crippen LogP) is 5.60. The second kappa shape index (κ2) is 8.21. The molecule has 0 saturated heterocycles. The zero-order valence-electron chi connectivity index (χ0n) is 16.1. The largest absolute Gasteiger partial charge is 0.487 e. The van der Waals surface area contributed by atoms with Crippen molar-refractivity contribution in [2.24, 2.45) is 0 Å².